The van der Waals surface area contributed by atoms with Gasteiger partial charge in [-0.2, -0.15) is 0 Å². The summed E-state index contributed by atoms with van der Waals surface area (Å²) in [7, 11) is 0. The molecular weight excluding hydrogens is 250 g/mol. The normalized spacial score (nSPS) is 12.8. The summed E-state index contributed by atoms with van der Waals surface area (Å²) < 4.78 is 0. The van der Waals surface area contributed by atoms with Crippen LogP contribution in [0.1, 0.15) is 32.5 Å². The first-order valence-corrected chi connectivity index (χ1v) is 6.77. The fraction of sp³-hybridized carbons (Fsp3) is 0.286. The minimum Gasteiger partial charge on any atom is -0.320 e. The van der Waals surface area contributed by atoms with E-state index in [1.807, 2.05) is 18.2 Å². The highest BCUT2D eigenvalue weighted by Gasteiger charge is 2.15. The summed E-state index contributed by atoms with van der Waals surface area (Å²) in [6.07, 6.45) is 0. The van der Waals surface area contributed by atoms with Gasteiger partial charge < -0.3 is 5.73 Å². The van der Waals surface area contributed by atoms with Crippen LogP contribution in [-0.2, 0) is 0 Å². The Kier molecular flexibility index (Phi) is 3.57. The quantitative estimate of drug-likeness (QED) is 0.857. The molecule has 0 aliphatic heterocycles. The molecule has 1 unspecified atom stereocenters. The summed E-state index contributed by atoms with van der Waals surface area (Å²) in [5.41, 5.74) is 9.86. The van der Waals surface area contributed by atoms with Crippen LogP contribution in [0, 0.1) is 20.8 Å². The lowest BCUT2D eigenvalue weighted by atomic mass is 9.96. The third-order valence-electron chi connectivity index (χ3n) is 2.98. The Balaban J connectivity index is 2.43. The van der Waals surface area contributed by atoms with Gasteiger partial charge in [-0.05, 0) is 55.7 Å². The monoisotopic (exact) mass is 265 g/mol. The zero-order valence-electron chi connectivity index (χ0n) is 10.3. The summed E-state index contributed by atoms with van der Waals surface area (Å²) >= 11 is 7.76. The average molecular weight is 266 g/mol. The lowest BCUT2D eigenvalue weighted by Gasteiger charge is -2.15. The van der Waals surface area contributed by atoms with E-state index in [-0.39, 0.29) is 6.04 Å². The Bertz CT molecular complexity index is 545. The molecule has 17 heavy (non-hydrogen) atoms. The predicted octanol–water partition coefficient (Wildman–Crippen LogP) is 4.37. The maximum Gasteiger partial charge on any atom is 0.0565 e. The highest BCUT2D eigenvalue weighted by Crippen LogP contribution is 2.31. The molecule has 0 aliphatic carbocycles. The largest absolute Gasteiger partial charge is 0.320 e. The van der Waals surface area contributed by atoms with Gasteiger partial charge in [-0.3, -0.25) is 0 Å². The second-order valence-electron chi connectivity index (χ2n) is 4.35. The molecule has 0 radical (unpaired) electrons. The van der Waals surface area contributed by atoms with Gasteiger partial charge in [0.15, 0.2) is 0 Å². The number of thiophene rings is 1. The molecule has 2 rings (SSSR count). The molecule has 1 atom stereocenters. The topological polar surface area (TPSA) is 26.0 Å². The van der Waals surface area contributed by atoms with Crippen molar-refractivity contribution in [3.05, 3.63) is 55.7 Å². The molecule has 1 aromatic heterocycles. The molecule has 0 saturated carbocycles. The molecule has 2 N–H and O–H groups in total. The van der Waals surface area contributed by atoms with E-state index in [0.29, 0.717) is 0 Å². The molecule has 1 aromatic carbocycles. The molecule has 0 saturated heterocycles. The average Bonchev–Trinajstić information content (AvgIpc) is 2.57. The van der Waals surface area contributed by atoms with Crippen LogP contribution in [0.5, 0.6) is 0 Å². The summed E-state index contributed by atoms with van der Waals surface area (Å²) in [6.45, 7) is 6.29. The van der Waals surface area contributed by atoms with Gasteiger partial charge in [0.05, 0.1) is 6.04 Å². The molecule has 0 amide bonds. The van der Waals surface area contributed by atoms with E-state index in [0.717, 1.165) is 16.1 Å². The van der Waals surface area contributed by atoms with Crippen LogP contribution in [0.2, 0.25) is 5.02 Å². The maximum absolute atomic E-state index is 6.34. The summed E-state index contributed by atoms with van der Waals surface area (Å²) in [4.78, 5) is 2.60. The van der Waals surface area contributed by atoms with Gasteiger partial charge in [-0.25, -0.2) is 0 Å². The van der Waals surface area contributed by atoms with Gasteiger partial charge >= 0.3 is 0 Å². The zero-order chi connectivity index (χ0) is 12.6. The molecule has 0 spiro atoms. The highest BCUT2D eigenvalue weighted by atomic mass is 35.5. The van der Waals surface area contributed by atoms with Crippen molar-refractivity contribution in [1.29, 1.82) is 0 Å². The zero-order valence-corrected chi connectivity index (χ0v) is 11.8. The van der Waals surface area contributed by atoms with Gasteiger partial charge in [0.25, 0.3) is 0 Å². The maximum atomic E-state index is 6.34. The van der Waals surface area contributed by atoms with Crippen molar-refractivity contribution in [2.45, 2.75) is 26.8 Å². The summed E-state index contributed by atoms with van der Waals surface area (Å²) in [5.74, 6) is 0. The van der Waals surface area contributed by atoms with Gasteiger partial charge in [0, 0.05) is 14.8 Å². The van der Waals surface area contributed by atoms with Crippen LogP contribution in [0.15, 0.2) is 24.3 Å². The fourth-order valence-corrected chi connectivity index (χ4v) is 3.31. The minimum absolute atomic E-state index is 0.0581. The fourth-order valence-electron chi connectivity index (χ4n) is 2.11. The summed E-state index contributed by atoms with van der Waals surface area (Å²) in [5, 5.41) is 0.761. The first-order chi connectivity index (χ1) is 7.99. The molecule has 0 aliphatic rings. The second kappa shape index (κ2) is 4.81. The Morgan fingerprint density at radius 3 is 2.35 bits per heavy atom. The van der Waals surface area contributed by atoms with Crippen LogP contribution in [0.3, 0.4) is 0 Å². The van der Waals surface area contributed by atoms with Crippen molar-refractivity contribution in [2.24, 2.45) is 5.73 Å². The van der Waals surface area contributed by atoms with Crippen molar-refractivity contribution in [3.63, 3.8) is 0 Å². The number of benzene rings is 1. The smallest absolute Gasteiger partial charge is 0.0565 e. The van der Waals surface area contributed by atoms with E-state index >= 15 is 0 Å². The minimum atomic E-state index is -0.0581. The van der Waals surface area contributed by atoms with Crippen molar-refractivity contribution in [1.82, 2.24) is 0 Å². The SMILES string of the molecule is Cc1cc(C(N)c2ccc(Cl)cc2C)c(C)s1. The summed E-state index contributed by atoms with van der Waals surface area (Å²) in [6, 6.07) is 8.01. The van der Waals surface area contributed by atoms with Gasteiger partial charge in [-0.15, -0.1) is 11.3 Å². The standard InChI is InChI=1S/C14H16ClNS/c1-8-6-11(15)4-5-12(8)14(16)13-7-9(2)17-10(13)3/h4-7,14H,16H2,1-3H3. The van der Waals surface area contributed by atoms with Crippen LogP contribution < -0.4 is 5.73 Å². The van der Waals surface area contributed by atoms with Gasteiger partial charge in [0.1, 0.15) is 0 Å². The van der Waals surface area contributed by atoms with E-state index in [1.54, 1.807) is 11.3 Å². The Morgan fingerprint density at radius 1 is 1.12 bits per heavy atom. The molecular formula is C14H16ClNS. The molecule has 2 aromatic rings. The van der Waals surface area contributed by atoms with E-state index < -0.39 is 0 Å². The van der Waals surface area contributed by atoms with E-state index in [9.17, 15) is 0 Å². The molecule has 0 bridgehead atoms. The third-order valence-corrected chi connectivity index (χ3v) is 4.20. The number of rotatable bonds is 2. The number of nitrogens with two attached hydrogens (primary N) is 1. The molecule has 3 heteroatoms. The second-order valence-corrected chi connectivity index (χ2v) is 6.24. The first kappa shape index (κ1) is 12.6. The third kappa shape index (κ3) is 2.54. The predicted molar refractivity (Wildman–Crippen MR) is 76.0 cm³/mol. The van der Waals surface area contributed by atoms with E-state index in [1.165, 1.54) is 15.3 Å². The van der Waals surface area contributed by atoms with Gasteiger partial charge in [0.2, 0.25) is 0 Å². The van der Waals surface area contributed by atoms with Crippen LogP contribution in [0.25, 0.3) is 0 Å². The first-order valence-electron chi connectivity index (χ1n) is 5.57. The number of halogens is 1. The lowest BCUT2D eigenvalue weighted by molar-refractivity contribution is 0.859. The lowest BCUT2D eigenvalue weighted by Crippen LogP contribution is -2.13. The van der Waals surface area contributed by atoms with Crippen molar-refractivity contribution in [2.75, 3.05) is 0 Å². The van der Waals surface area contributed by atoms with Crippen LogP contribution in [-0.4, -0.2) is 0 Å². The Hall–Kier alpha value is -0.830. The van der Waals surface area contributed by atoms with Crippen molar-refractivity contribution in [3.8, 4) is 0 Å². The molecule has 1 heterocycles. The van der Waals surface area contributed by atoms with Crippen molar-refractivity contribution < 1.29 is 0 Å². The number of aryl methyl sites for hydroxylation is 3. The molecule has 90 valence electrons. The van der Waals surface area contributed by atoms with Crippen LogP contribution in [0.4, 0.5) is 0 Å². The van der Waals surface area contributed by atoms with Gasteiger partial charge in [-0.1, -0.05) is 17.7 Å². The molecule has 1 nitrogen and oxygen atoms in total. The van der Waals surface area contributed by atoms with Crippen LogP contribution >= 0.6 is 22.9 Å². The Morgan fingerprint density at radius 2 is 1.82 bits per heavy atom. The molecule has 0 fully saturated rings. The number of hydrogen-bond acceptors (Lipinski definition) is 2. The highest BCUT2D eigenvalue weighted by molar-refractivity contribution is 7.12. The Labute approximate surface area is 111 Å². The number of hydrogen-bond donors (Lipinski definition) is 1. The van der Waals surface area contributed by atoms with E-state index in [4.69, 9.17) is 17.3 Å². The van der Waals surface area contributed by atoms with E-state index in [2.05, 4.69) is 26.8 Å². The van der Waals surface area contributed by atoms with Crippen molar-refractivity contribution >= 4 is 22.9 Å².